The summed E-state index contributed by atoms with van der Waals surface area (Å²) >= 11 is 7.02. The van der Waals surface area contributed by atoms with Gasteiger partial charge in [-0.25, -0.2) is 13.2 Å². The van der Waals surface area contributed by atoms with Crippen molar-refractivity contribution in [3.05, 3.63) is 68.8 Å². The van der Waals surface area contributed by atoms with Crippen molar-refractivity contribution < 1.29 is 22.7 Å². The molecule has 0 bridgehead atoms. The number of thiophene rings is 1. The molecular formula is C22H25ClN2O5S2. The number of nitrogens with one attached hydrogen (secondary N) is 1. The number of aromatic nitrogens is 1. The maximum atomic E-state index is 13.5. The normalized spacial score (nSPS) is 11.7. The van der Waals surface area contributed by atoms with E-state index in [4.69, 9.17) is 21.1 Å². The highest BCUT2D eigenvalue weighted by atomic mass is 35.5. The first-order valence-corrected chi connectivity index (χ1v) is 12.5. The van der Waals surface area contributed by atoms with E-state index in [1.807, 2.05) is 19.1 Å². The molecular weight excluding hydrogens is 472 g/mol. The van der Waals surface area contributed by atoms with Gasteiger partial charge in [0, 0.05) is 18.8 Å². The number of rotatable bonds is 9. The van der Waals surface area contributed by atoms with Crippen LogP contribution in [-0.2, 0) is 27.8 Å². The molecule has 0 amide bonds. The third kappa shape index (κ3) is 5.17. The number of ether oxygens (including phenoxy) is 2. The lowest BCUT2D eigenvalue weighted by Crippen LogP contribution is -2.30. The average molecular weight is 497 g/mol. The topological polar surface area (TPSA) is 88.7 Å². The smallest absolute Gasteiger partial charge is 0.355 e. The van der Waals surface area contributed by atoms with Crippen molar-refractivity contribution in [3.8, 4) is 5.75 Å². The molecule has 172 valence electrons. The number of H-pyrrole nitrogens is 1. The van der Waals surface area contributed by atoms with Crippen molar-refractivity contribution in [1.82, 2.24) is 9.29 Å². The molecule has 0 unspecified atom stereocenters. The average Bonchev–Trinajstić information content (AvgIpc) is 3.32. The molecule has 0 radical (unpaired) electrons. The maximum absolute atomic E-state index is 13.5. The van der Waals surface area contributed by atoms with E-state index >= 15 is 0 Å². The molecule has 2 aromatic heterocycles. The van der Waals surface area contributed by atoms with Gasteiger partial charge in [0.25, 0.3) is 10.0 Å². The number of nitrogens with zero attached hydrogens (tertiary/aromatic N) is 1. The van der Waals surface area contributed by atoms with Crippen LogP contribution in [0.15, 0.2) is 40.6 Å². The Labute approximate surface area is 197 Å². The molecule has 0 saturated heterocycles. The van der Waals surface area contributed by atoms with Gasteiger partial charge in [0.1, 0.15) is 15.7 Å². The zero-order chi connectivity index (χ0) is 23.5. The number of carbonyl (C=O) groups excluding carboxylic acids is 1. The molecule has 0 aliphatic heterocycles. The van der Waals surface area contributed by atoms with Gasteiger partial charge >= 0.3 is 5.97 Å². The van der Waals surface area contributed by atoms with E-state index in [-0.39, 0.29) is 23.9 Å². The Kier molecular flexibility index (Phi) is 7.66. The third-order valence-corrected chi connectivity index (χ3v) is 8.56. The van der Waals surface area contributed by atoms with Crippen LogP contribution in [0, 0.1) is 13.8 Å². The Hall–Kier alpha value is -2.33. The van der Waals surface area contributed by atoms with Crippen LogP contribution in [0.5, 0.6) is 5.75 Å². The zero-order valence-corrected chi connectivity index (χ0v) is 20.7. The first-order chi connectivity index (χ1) is 15.2. The minimum Gasteiger partial charge on any atom is -0.497 e. The Balaban J connectivity index is 2.00. The Morgan fingerprint density at radius 2 is 1.81 bits per heavy atom. The molecule has 0 saturated carbocycles. The first-order valence-electron chi connectivity index (χ1n) is 9.91. The second kappa shape index (κ2) is 10.1. The van der Waals surface area contributed by atoms with E-state index in [1.165, 1.54) is 10.4 Å². The monoisotopic (exact) mass is 496 g/mol. The molecule has 1 N–H and O–H groups in total. The summed E-state index contributed by atoms with van der Waals surface area (Å²) < 4.78 is 39.2. The number of aryl methyl sites for hydroxylation is 1. The highest BCUT2D eigenvalue weighted by Crippen LogP contribution is 2.31. The van der Waals surface area contributed by atoms with E-state index < -0.39 is 16.0 Å². The highest BCUT2D eigenvalue weighted by molar-refractivity contribution is 7.91. The van der Waals surface area contributed by atoms with Crippen molar-refractivity contribution in [3.63, 3.8) is 0 Å². The molecule has 0 aliphatic rings. The van der Waals surface area contributed by atoms with Crippen LogP contribution < -0.4 is 4.74 Å². The van der Waals surface area contributed by atoms with Crippen LogP contribution in [0.3, 0.4) is 0 Å². The number of hydrogen-bond donors (Lipinski definition) is 1. The van der Waals surface area contributed by atoms with Gasteiger partial charge in [-0.1, -0.05) is 23.7 Å². The first kappa shape index (κ1) is 24.3. The maximum Gasteiger partial charge on any atom is 0.355 e. The number of benzene rings is 1. The standard InChI is InChI=1S/C22H25ClN2O5S2/c1-5-30-22(26)21-14(2)18(15(3)24-21)13-25(12-16-6-8-17(29-4)9-7-16)32(27,28)20-11-10-19(23)31-20/h6-11,24H,5,12-13H2,1-4H3. The predicted octanol–water partition coefficient (Wildman–Crippen LogP) is 4.92. The largest absolute Gasteiger partial charge is 0.497 e. The molecule has 0 spiro atoms. The summed E-state index contributed by atoms with van der Waals surface area (Å²) in [5, 5.41) is 0. The lowest BCUT2D eigenvalue weighted by molar-refractivity contribution is 0.0519. The predicted molar refractivity (Wildman–Crippen MR) is 125 cm³/mol. The zero-order valence-electron chi connectivity index (χ0n) is 18.3. The molecule has 1 aromatic carbocycles. The van der Waals surface area contributed by atoms with Crippen molar-refractivity contribution in [2.75, 3.05) is 13.7 Å². The number of aromatic amines is 1. The molecule has 7 nitrogen and oxygen atoms in total. The summed E-state index contributed by atoms with van der Waals surface area (Å²) in [6, 6.07) is 10.3. The summed E-state index contributed by atoms with van der Waals surface area (Å²) in [6.45, 7) is 5.80. The molecule has 32 heavy (non-hydrogen) atoms. The van der Waals surface area contributed by atoms with Gasteiger partial charge in [-0.3, -0.25) is 0 Å². The molecule has 10 heteroatoms. The lowest BCUT2D eigenvalue weighted by atomic mass is 10.1. The lowest BCUT2D eigenvalue weighted by Gasteiger charge is -2.22. The van der Waals surface area contributed by atoms with Gasteiger partial charge in [0.2, 0.25) is 0 Å². The molecule has 0 atom stereocenters. The fraction of sp³-hybridized carbons (Fsp3) is 0.318. The molecule has 0 fully saturated rings. The number of sulfonamides is 1. The van der Waals surface area contributed by atoms with Crippen LogP contribution in [-0.4, -0.2) is 37.4 Å². The van der Waals surface area contributed by atoms with Gasteiger partial charge in [-0.2, -0.15) is 4.31 Å². The van der Waals surface area contributed by atoms with Crippen LogP contribution in [0.1, 0.15) is 39.8 Å². The fourth-order valence-corrected chi connectivity index (χ4v) is 6.37. The minimum atomic E-state index is -3.84. The summed E-state index contributed by atoms with van der Waals surface area (Å²) in [5.74, 6) is 0.221. The van der Waals surface area contributed by atoms with Crippen molar-refractivity contribution >= 4 is 38.9 Å². The van der Waals surface area contributed by atoms with Gasteiger partial charge in [-0.15, -0.1) is 11.3 Å². The van der Waals surface area contributed by atoms with Gasteiger partial charge in [-0.05, 0) is 61.7 Å². The molecule has 2 heterocycles. The van der Waals surface area contributed by atoms with Gasteiger partial charge in [0.15, 0.2) is 0 Å². The van der Waals surface area contributed by atoms with Crippen molar-refractivity contribution in [2.24, 2.45) is 0 Å². The molecule has 3 aromatic rings. The van der Waals surface area contributed by atoms with Crippen molar-refractivity contribution in [1.29, 1.82) is 0 Å². The SMILES string of the molecule is CCOC(=O)c1[nH]c(C)c(CN(Cc2ccc(OC)cc2)S(=O)(=O)c2ccc(Cl)s2)c1C. The molecule has 0 aliphatic carbocycles. The van der Waals surface area contributed by atoms with Crippen LogP contribution in [0.4, 0.5) is 0 Å². The number of methoxy groups -OCH3 is 1. The van der Waals surface area contributed by atoms with Gasteiger partial charge < -0.3 is 14.5 Å². The summed E-state index contributed by atoms with van der Waals surface area (Å²) in [7, 11) is -2.27. The summed E-state index contributed by atoms with van der Waals surface area (Å²) in [5.41, 5.74) is 3.24. The van der Waals surface area contributed by atoms with Crippen LogP contribution >= 0.6 is 22.9 Å². The van der Waals surface area contributed by atoms with E-state index in [9.17, 15) is 13.2 Å². The second-order valence-corrected chi connectivity index (χ2v) is 11.0. The molecule has 3 rings (SSSR count). The van der Waals surface area contributed by atoms with Crippen molar-refractivity contribution in [2.45, 2.75) is 38.1 Å². The number of carbonyl (C=O) groups is 1. The van der Waals surface area contributed by atoms with Gasteiger partial charge in [0.05, 0.1) is 18.1 Å². The third-order valence-electron chi connectivity index (χ3n) is 5.07. The fourth-order valence-electron chi connectivity index (χ4n) is 3.33. The number of hydrogen-bond acceptors (Lipinski definition) is 6. The Morgan fingerprint density at radius 3 is 2.38 bits per heavy atom. The highest BCUT2D eigenvalue weighted by Gasteiger charge is 2.29. The van der Waals surface area contributed by atoms with E-state index in [0.29, 0.717) is 27.0 Å². The number of esters is 1. The summed E-state index contributed by atoms with van der Waals surface area (Å²) in [6.07, 6.45) is 0. The summed E-state index contributed by atoms with van der Waals surface area (Å²) in [4.78, 5) is 15.3. The van der Waals surface area contributed by atoms with Crippen LogP contribution in [0.2, 0.25) is 4.34 Å². The quantitative estimate of drug-likeness (QED) is 0.424. The van der Waals surface area contributed by atoms with Crippen LogP contribution in [0.25, 0.3) is 0 Å². The number of halogens is 1. The second-order valence-electron chi connectivity index (χ2n) is 7.13. The Morgan fingerprint density at radius 1 is 1.12 bits per heavy atom. The van der Waals surface area contributed by atoms with E-state index in [1.54, 1.807) is 39.2 Å². The minimum absolute atomic E-state index is 0.0808. The van der Waals surface area contributed by atoms with E-state index in [2.05, 4.69) is 4.98 Å². The Bertz CT molecular complexity index is 1200. The van der Waals surface area contributed by atoms with E-state index in [0.717, 1.165) is 22.5 Å².